The van der Waals surface area contributed by atoms with E-state index >= 15 is 0 Å². The molecule has 1 aliphatic rings. The van der Waals surface area contributed by atoms with E-state index in [1.165, 1.54) is 5.56 Å². The highest BCUT2D eigenvalue weighted by Crippen LogP contribution is 2.39. The second-order valence-corrected chi connectivity index (χ2v) is 6.89. The third-order valence-electron chi connectivity index (χ3n) is 5.20. The molecule has 0 N–H and O–H groups in total. The minimum absolute atomic E-state index is 0.0479. The average Bonchev–Trinajstić information content (AvgIpc) is 3.12. The molecule has 138 valence electrons. The molecule has 0 fully saturated rings. The smallest absolute Gasteiger partial charge is 0.166 e. The quantitative estimate of drug-likeness (QED) is 0.701. The van der Waals surface area contributed by atoms with Gasteiger partial charge in [-0.1, -0.05) is 23.8 Å². The van der Waals surface area contributed by atoms with E-state index in [0.717, 1.165) is 40.4 Å². The van der Waals surface area contributed by atoms with Gasteiger partial charge in [0.05, 0.1) is 37.4 Å². The molecule has 0 radical (unpaired) electrons. The van der Waals surface area contributed by atoms with Crippen LogP contribution in [-0.4, -0.2) is 29.8 Å². The topological polar surface area (TPSA) is 53.3 Å². The third kappa shape index (κ3) is 3.10. The molecule has 1 aliphatic carbocycles. The summed E-state index contributed by atoms with van der Waals surface area (Å²) in [5.74, 6) is 1.66. The Morgan fingerprint density at radius 3 is 2.52 bits per heavy atom. The molecular weight excluding hydrogens is 340 g/mol. The molecule has 0 bridgehead atoms. The van der Waals surface area contributed by atoms with Crippen molar-refractivity contribution in [3.8, 4) is 17.2 Å². The molecule has 0 saturated carbocycles. The van der Waals surface area contributed by atoms with Gasteiger partial charge in [-0.2, -0.15) is 5.10 Å². The van der Waals surface area contributed by atoms with Crippen LogP contribution in [-0.2, 0) is 6.42 Å². The summed E-state index contributed by atoms with van der Waals surface area (Å²) < 4.78 is 12.7. The summed E-state index contributed by atoms with van der Waals surface area (Å²) in [5, 5.41) is 4.49. The normalized spacial score (nSPS) is 16.1. The highest BCUT2D eigenvalue weighted by molar-refractivity contribution is 5.98. The van der Waals surface area contributed by atoms with Crippen molar-refractivity contribution in [3.63, 3.8) is 0 Å². The number of methoxy groups -OCH3 is 2. The summed E-state index contributed by atoms with van der Waals surface area (Å²) in [5.41, 5.74) is 4.86. The largest absolute Gasteiger partial charge is 0.497 e. The highest BCUT2D eigenvalue weighted by Gasteiger charge is 2.31. The number of carbonyl (C=O) groups is 1. The lowest BCUT2D eigenvalue weighted by Crippen LogP contribution is -2.20. The summed E-state index contributed by atoms with van der Waals surface area (Å²) in [4.78, 5) is 12.8. The summed E-state index contributed by atoms with van der Waals surface area (Å²) in [6.07, 6.45) is 2.88. The van der Waals surface area contributed by atoms with Crippen molar-refractivity contribution in [2.75, 3.05) is 14.2 Å². The number of ketones is 1. The first kappa shape index (κ1) is 17.3. The number of ether oxygens (including phenoxy) is 2. The molecule has 1 atom stereocenters. The molecule has 3 aromatic rings. The second-order valence-electron chi connectivity index (χ2n) is 6.89. The van der Waals surface area contributed by atoms with Gasteiger partial charge < -0.3 is 9.47 Å². The van der Waals surface area contributed by atoms with Crippen LogP contribution in [0.4, 0.5) is 0 Å². The number of rotatable bonds is 4. The van der Waals surface area contributed by atoms with E-state index in [4.69, 9.17) is 9.47 Å². The van der Waals surface area contributed by atoms with Gasteiger partial charge in [0, 0.05) is 18.4 Å². The standard InChI is InChI=1S/C22H22N2O3/c1-14-4-6-16(7-5-14)24-20-10-15(11-21(25)19(20)13-23-24)18-9-8-17(26-2)12-22(18)27-3/h4-9,12-13,15H,10-11H2,1-3H3/t15-/m0/s1. The Morgan fingerprint density at radius 1 is 1.04 bits per heavy atom. The van der Waals surface area contributed by atoms with Crippen molar-refractivity contribution < 1.29 is 14.3 Å². The van der Waals surface area contributed by atoms with Crippen LogP contribution < -0.4 is 9.47 Å². The molecule has 1 aromatic heterocycles. The molecule has 0 amide bonds. The maximum Gasteiger partial charge on any atom is 0.166 e. The van der Waals surface area contributed by atoms with E-state index in [1.54, 1.807) is 20.4 Å². The molecular formula is C22H22N2O3. The summed E-state index contributed by atoms with van der Waals surface area (Å²) in [6, 6.07) is 13.9. The predicted molar refractivity (Wildman–Crippen MR) is 103 cm³/mol. The number of fused-ring (bicyclic) bond motifs is 1. The fraction of sp³-hybridized carbons (Fsp3) is 0.273. The van der Waals surface area contributed by atoms with Gasteiger partial charge in [-0.3, -0.25) is 4.79 Å². The highest BCUT2D eigenvalue weighted by atomic mass is 16.5. The van der Waals surface area contributed by atoms with E-state index in [2.05, 4.69) is 24.2 Å². The molecule has 0 unspecified atom stereocenters. The summed E-state index contributed by atoms with van der Waals surface area (Å²) >= 11 is 0. The first-order valence-electron chi connectivity index (χ1n) is 8.99. The lowest BCUT2D eigenvalue weighted by Gasteiger charge is -2.24. The van der Waals surface area contributed by atoms with Crippen molar-refractivity contribution in [3.05, 3.63) is 71.0 Å². The van der Waals surface area contributed by atoms with Gasteiger partial charge >= 0.3 is 0 Å². The van der Waals surface area contributed by atoms with E-state index in [1.807, 2.05) is 35.0 Å². The van der Waals surface area contributed by atoms with Gasteiger partial charge in [0.2, 0.25) is 0 Å². The molecule has 5 heteroatoms. The van der Waals surface area contributed by atoms with Crippen molar-refractivity contribution in [2.24, 2.45) is 0 Å². The van der Waals surface area contributed by atoms with Gasteiger partial charge in [0.1, 0.15) is 11.5 Å². The Balaban J connectivity index is 1.74. The van der Waals surface area contributed by atoms with E-state index in [0.29, 0.717) is 6.42 Å². The number of hydrogen-bond donors (Lipinski definition) is 0. The number of aryl methyl sites for hydroxylation is 1. The Hall–Kier alpha value is -3.08. The van der Waals surface area contributed by atoms with Gasteiger partial charge in [-0.25, -0.2) is 4.68 Å². The van der Waals surface area contributed by atoms with E-state index in [9.17, 15) is 4.79 Å². The maximum atomic E-state index is 12.8. The average molecular weight is 362 g/mol. The SMILES string of the molecule is COc1ccc([C@@H]2CC(=O)c3cnn(-c4ccc(C)cc4)c3C2)c(OC)c1. The molecule has 1 heterocycles. The van der Waals surface area contributed by atoms with Crippen LogP contribution in [0.15, 0.2) is 48.7 Å². The zero-order valence-electron chi connectivity index (χ0n) is 15.7. The molecule has 0 aliphatic heterocycles. The molecule has 27 heavy (non-hydrogen) atoms. The number of Topliss-reactive ketones (excluding diaryl/α,β-unsaturated/α-hetero) is 1. The van der Waals surface area contributed by atoms with Gasteiger partial charge in [0.15, 0.2) is 5.78 Å². The first-order chi connectivity index (χ1) is 13.1. The summed E-state index contributed by atoms with van der Waals surface area (Å²) in [6.45, 7) is 2.05. The minimum atomic E-state index is 0.0479. The van der Waals surface area contributed by atoms with Crippen LogP contribution in [0.3, 0.4) is 0 Å². The van der Waals surface area contributed by atoms with Crippen LogP contribution in [0.25, 0.3) is 5.69 Å². The van der Waals surface area contributed by atoms with Crippen LogP contribution in [0, 0.1) is 6.92 Å². The van der Waals surface area contributed by atoms with Gasteiger partial charge in [-0.05, 0) is 37.1 Å². The lowest BCUT2D eigenvalue weighted by atomic mass is 9.82. The molecule has 2 aromatic carbocycles. The number of benzene rings is 2. The second kappa shape index (κ2) is 6.91. The van der Waals surface area contributed by atoms with Crippen molar-refractivity contribution in [2.45, 2.75) is 25.7 Å². The van der Waals surface area contributed by atoms with Crippen LogP contribution >= 0.6 is 0 Å². The monoisotopic (exact) mass is 362 g/mol. The fourth-order valence-corrected chi connectivity index (χ4v) is 3.73. The minimum Gasteiger partial charge on any atom is -0.497 e. The maximum absolute atomic E-state index is 12.8. The Morgan fingerprint density at radius 2 is 1.81 bits per heavy atom. The van der Waals surface area contributed by atoms with Crippen molar-refractivity contribution in [1.29, 1.82) is 0 Å². The Labute approximate surface area is 158 Å². The first-order valence-corrected chi connectivity index (χ1v) is 8.99. The molecule has 5 nitrogen and oxygen atoms in total. The zero-order valence-corrected chi connectivity index (χ0v) is 15.7. The predicted octanol–water partition coefficient (Wildman–Crippen LogP) is 4.11. The number of aromatic nitrogens is 2. The van der Waals surface area contributed by atoms with Gasteiger partial charge in [-0.15, -0.1) is 0 Å². The molecule has 4 rings (SSSR count). The summed E-state index contributed by atoms with van der Waals surface area (Å²) in [7, 11) is 3.27. The number of hydrogen-bond acceptors (Lipinski definition) is 4. The lowest BCUT2D eigenvalue weighted by molar-refractivity contribution is 0.0963. The third-order valence-corrected chi connectivity index (χ3v) is 5.20. The van der Waals surface area contributed by atoms with Crippen LogP contribution in [0.1, 0.15) is 39.5 Å². The van der Waals surface area contributed by atoms with Gasteiger partial charge in [0.25, 0.3) is 0 Å². The van der Waals surface area contributed by atoms with Crippen LogP contribution in [0.2, 0.25) is 0 Å². The van der Waals surface area contributed by atoms with E-state index < -0.39 is 0 Å². The Kier molecular flexibility index (Phi) is 4.44. The zero-order chi connectivity index (χ0) is 19.0. The molecule has 0 saturated heterocycles. The fourth-order valence-electron chi connectivity index (χ4n) is 3.73. The molecule has 0 spiro atoms. The number of carbonyl (C=O) groups excluding carboxylic acids is 1. The Bertz CT molecular complexity index is 989. The van der Waals surface area contributed by atoms with Crippen molar-refractivity contribution >= 4 is 5.78 Å². The van der Waals surface area contributed by atoms with Crippen molar-refractivity contribution in [1.82, 2.24) is 9.78 Å². The van der Waals surface area contributed by atoms with E-state index in [-0.39, 0.29) is 11.7 Å². The van der Waals surface area contributed by atoms with Crippen LogP contribution in [0.5, 0.6) is 11.5 Å². The number of nitrogens with zero attached hydrogens (tertiary/aromatic N) is 2.